The van der Waals surface area contributed by atoms with E-state index in [1.54, 1.807) is 19.1 Å². The molecule has 0 spiro atoms. The largest absolute Gasteiger partial charge is 0.394 e. The smallest absolute Gasteiger partial charge is 0.244 e. The molecule has 0 aliphatic rings. The third-order valence-electron chi connectivity index (χ3n) is 2.68. The first-order valence-electron chi connectivity index (χ1n) is 5.90. The summed E-state index contributed by atoms with van der Waals surface area (Å²) < 4.78 is 0. The zero-order chi connectivity index (χ0) is 13.4. The van der Waals surface area contributed by atoms with Gasteiger partial charge in [-0.05, 0) is 19.4 Å². The van der Waals surface area contributed by atoms with E-state index in [0.29, 0.717) is 0 Å². The van der Waals surface area contributed by atoms with Crippen LogP contribution in [0.4, 0.5) is 0 Å². The number of allylic oxidation sites excluding steroid dienone is 3. The third-order valence-corrected chi connectivity index (χ3v) is 2.68. The Balaban J connectivity index is 2.81. The first kappa shape index (κ1) is 14.2. The molecule has 1 rings (SSSR count). The van der Waals surface area contributed by atoms with E-state index in [1.807, 2.05) is 43.3 Å². The van der Waals surface area contributed by atoms with Gasteiger partial charge in [0, 0.05) is 6.08 Å². The van der Waals surface area contributed by atoms with Crippen LogP contribution < -0.4 is 5.32 Å². The summed E-state index contributed by atoms with van der Waals surface area (Å²) in [5.41, 5.74) is 0.110. The maximum Gasteiger partial charge on any atom is 0.244 e. The van der Waals surface area contributed by atoms with E-state index >= 15 is 0 Å². The van der Waals surface area contributed by atoms with E-state index in [-0.39, 0.29) is 12.5 Å². The molecule has 0 saturated heterocycles. The number of benzene rings is 1. The van der Waals surface area contributed by atoms with Crippen molar-refractivity contribution in [1.29, 1.82) is 0 Å². The Labute approximate surface area is 108 Å². The molecule has 0 aliphatic carbocycles. The highest BCUT2D eigenvalue weighted by Crippen LogP contribution is 2.19. The highest BCUT2D eigenvalue weighted by Gasteiger charge is 2.26. The van der Waals surface area contributed by atoms with Crippen LogP contribution in [0.1, 0.15) is 19.4 Å². The van der Waals surface area contributed by atoms with Gasteiger partial charge in [0.25, 0.3) is 0 Å². The molecular weight excluding hydrogens is 226 g/mol. The van der Waals surface area contributed by atoms with Crippen LogP contribution in [0.2, 0.25) is 0 Å². The Bertz CT molecular complexity index is 437. The molecule has 3 nitrogen and oxygen atoms in total. The number of aliphatic hydroxyl groups is 1. The lowest BCUT2D eigenvalue weighted by atomic mass is 9.93. The Morgan fingerprint density at radius 2 is 2.00 bits per heavy atom. The van der Waals surface area contributed by atoms with Crippen LogP contribution >= 0.6 is 0 Å². The van der Waals surface area contributed by atoms with E-state index in [2.05, 4.69) is 5.32 Å². The van der Waals surface area contributed by atoms with E-state index in [0.717, 1.165) is 5.56 Å². The Kier molecular flexibility index (Phi) is 5.33. The van der Waals surface area contributed by atoms with Gasteiger partial charge in [-0.2, -0.15) is 0 Å². The van der Waals surface area contributed by atoms with Gasteiger partial charge >= 0.3 is 0 Å². The van der Waals surface area contributed by atoms with Gasteiger partial charge in [-0.3, -0.25) is 4.79 Å². The number of aliphatic hydroxyl groups excluding tert-OH is 1. The number of hydrogen-bond donors (Lipinski definition) is 2. The Morgan fingerprint density at radius 3 is 2.56 bits per heavy atom. The van der Waals surface area contributed by atoms with Crippen LogP contribution in [0, 0.1) is 0 Å². The van der Waals surface area contributed by atoms with Crippen molar-refractivity contribution in [1.82, 2.24) is 5.32 Å². The number of nitrogens with one attached hydrogen (secondary N) is 1. The molecule has 0 bridgehead atoms. The summed E-state index contributed by atoms with van der Waals surface area (Å²) in [6.07, 6.45) is 6.72. The van der Waals surface area contributed by atoms with E-state index in [1.165, 1.54) is 6.08 Å². The highest BCUT2D eigenvalue weighted by molar-refractivity contribution is 5.88. The van der Waals surface area contributed by atoms with Crippen molar-refractivity contribution < 1.29 is 9.90 Å². The van der Waals surface area contributed by atoms with Crippen LogP contribution in [0.3, 0.4) is 0 Å². The third kappa shape index (κ3) is 3.86. The minimum absolute atomic E-state index is 0.153. The van der Waals surface area contributed by atoms with E-state index < -0.39 is 5.54 Å². The fourth-order valence-electron chi connectivity index (χ4n) is 1.58. The maximum atomic E-state index is 11.7. The van der Waals surface area contributed by atoms with Crippen molar-refractivity contribution in [2.75, 3.05) is 6.61 Å². The summed E-state index contributed by atoms with van der Waals surface area (Å²) >= 11 is 0. The molecule has 1 aromatic carbocycles. The van der Waals surface area contributed by atoms with Gasteiger partial charge in [-0.15, -0.1) is 0 Å². The van der Waals surface area contributed by atoms with Crippen molar-refractivity contribution >= 4 is 5.91 Å². The van der Waals surface area contributed by atoms with Crippen LogP contribution in [0.15, 0.2) is 54.6 Å². The Morgan fingerprint density at radius 1 is 1.33 bits per heavy atom. The summed E-state index contributed by atoms with van der Waals surface area (Å²) in [7, 11) is 0. The molecule has 1 aromatic rings. The Hall–Kier alpha value is -1.87. The number of carbonyl (C=O) groups excluding carboxylic acids is 1. The van der Waals surface area contributed by atoms with Crippen molar-refractivity contribution in [3.63, 3.8) is 0 Å². The first-order valence-corrected chi connectivity index (χ1v) is 5.90. The molecule has 2 N–H and O–H groups in total. The van der Waals surface area contributed by atoms with Crippen molar-refractivity contribution in [3.05, 3.63) is 60.2 Å². The average Bonchev–Trinajstić information content (AvgIpc) is 2.40. The highest BCUT2D eigenvalue weighted by atomic mass is 16.3. The molecule has 1 unspecified atom stereocenters. The molecule has 0 heterocycles. The zero-order valence-electron chi connectivity index (χ0n) is 10.8. The standard InChI is InChI=1S/C15H19NO2/c1-3-4-6-11-14(18)16-15(2,12-17)13-9-7-5-8-10-13/h3-11,17H,12H2,1-2H3,(H,16,18). The lowest BCUT2D eigenvalue weighted by Gasteiger charge is -2.28. The monoisotopic (exact) mass is 245 g/mol. The molecule has 0 fully saturated rings. The molecule has 0 aliphatic heterocycles. The second kappa shape index (κ2) is 6.77. The summed E-state index contributed by atoms with van der Waals surface area (Å²) in [5, 5.41) is 12.3. The fourth-order valence-corrected chi connectivity index (χ4v) is 1.58. The lowest BCUT2D eigenvalue weighted by Crippen LogP contribution is -2.45. The van der Waals surface area contributed by atoms with Crippen molar-refractivity contribution in [2.24, 2.45) is 0 Å². The summed E-state index contributed by atoms with van der Waals surface area (Å²) in [4.78, 5) is 11.7. The summed E-state index contributed by atoms with van der Waals surface area (Å²) in [5.74, 6) is -0.228. The van der Waals surface area contributed by atoms with Gasteiger partial charge in [0.1, 0.15) is 0 Å². The normalized spacial score (nSPS) is 14.8. The molecule has 1 amide bonds. The van der Waals surface area contributed by atoms with Gasteiger partial charge in [0.05, 0.1) is 12.1 Å². The fraction of sp³-hybridized carbons (Fsp3) is 0.267. The quantitative estimate of drug-likeness (QED) is 0.617. The van der Waals surface area contributed by atoms with E-state index in [9.17, 15) is 9.90 Å². The molecular formula is C15H19NO2. The molecule has 0 aromatic heterocycles. The van der Waals surface area contributed by atoms with Gasteiger partial charge < -0.3 is 10.4 Å². The van der Waals surface area contributed by atoms with Gasteiger partial charge in [-0.1, -0.05) is 48.6 Å². The van der Waals surface area contributed by atoms with Gasteiger partial charge in [0.15, 0.2) is 0 Å². The van der Waals surface area contributed by atoms with Crippen molar-refractivity contribution in [3.8, 4) is 0 Å². The van der Waals surface area contributed by atoms with Crippen molar-refractivity contribution in [2.45, 2.75) is 19.4 Å². The van der Waals surface area contributed by atoms with Gasteiger partial charge in [-0.25, -0.2) is 0 Å². The minimum Gasteiger partial charge on any atom is -0.394 e. The predicted molar refractivity (Wildman–Crippen MR) is 73.0 cm³/mol. The molecule has 96 valence electrons. The first-order chi connectivity index (χ1) is 8.62. The van der Waals surface area contributed by atoms with Gasteiger partial charge in [0.2, 0.25) is 5.91 Å². The number of carbonyl (C=O) groups is 1. The van der Waals surface area contributed by atoms with Crippen LogP contribution in [0.5, 0.6) is 0 Å². The second-order valence-electron chi connectivity index (χ2n) is 4.23. The SMILES string of the molecule is CC=CC=CC(=O)NC(C)(CO)c1ccccc1. The molecule has 3 heteroatoms. The van der Waals surface area contributed by atoms with Crippen LogP contribution in [-0.2, 0) is 10.3 Å². The summed E-state index contributed by atoms with van der Waals surface area (Å²) in [6, 6.07) is 9.42. The van der Waals surface area contributed by atoms with E-state index in [4.69, 9.17) is 0 Å². The predicted octanol–water partition coefficient (Wildman–Crippen LogP) is 2.14. The number of amides is 1. The number of hydrogen-bond acceptors (Lipinski definition) is 2. The molecule has 0 saturated carbocycles. The average molecular weight is 245 g/mol. The molecule has 18 heavy (non-hydrogen) atoms. The van der Waals surface area contributed by atoms with Crippen LogP contribution in [-0.4, -0.2) is 17.6 Å². The van der Waals surface area contributed by atoms with Crippen LogP contribution in [0.25, 0.3) is 0 Å². The summed E-state index contributed by atoms with van der Waals surface area (Å²) in [6.45, 7) is 3.52. The zero-order valence-corrected chi connectivity index (χ0v) is 10.8. The molecule has 1 atom stereocenters. The lowest BCUT2D eigenvalue weighted by molar-refractivity contribution is -0.118. The topological polar surface area (TPSA) is 49.3 Å². The minimum atomic E-state index is -0.765. The second-order valence-corrected chi connectivity index (χ2v) is 4.23. The number of rotatable bonds is 5. The maximum absolute atomic E-state index is 11.7. The molecule has 0 radical (unpaired) electrons.